The predicted octanol–water partition coefficient (Wildman–Crippen LogP) is 3.81. The number of hydrogen-bond donors (Lipinski definition) is 0. The minimum atomic E-state index is -0.264. The first-order valence-electron chi connectivity index (χ1n) is 9.29. The number of benzene rings is 2. The molecule has 0 bridgehead atoms. The second kappa shape index (κ2) is 7.76. The molecule has 6 heteroatoms. The van der Waals surface area contributed by atoms with Crippen LogP contribution in [0.15, 0.2) is 60.9 Å². The molecule has 2 heterocycles. The zero-order valence-electron chi connectivity index (χ0n) is 15.7. The van der Waals surface area contributed by atoms with Crippen molar-refractivity contribution < 1.29 is 9.18 Å². The molecule has 1 aliphatic heterocycles. The molecule has 1 fully saturated rings. The molecule has 1 aromatic heterocycles. The van der Waals surface area contributed by atoms with E-state index in [9.17, 15) is 9.18 Å². The van der Waals surface area contributed by atoms with E-state index in [0.29, 0.717) is 0 Å². The summed E-state index contributed by atoms with van der Waals surface area (Å²) in [5, 5.41) is 0. The monoisotopic (exact) mass is 376 g/mol. The summed E-state index contributed by atoms with van der Waals surface area (Å²) in [4.78, 5) is 25.0. The lowest BCUT2D eigenvalue weighted by atomic mass is 10.1. The number of piperazine rings is 1. The van der Waals surface area contributed by atoms with Gasteiger partial charge in [0.05, 0.1) is 18.1 Å². The van der Waals surface area contributed by atoms with Crippen LogP contribution in [0.2, 0.25) is 0 Å². The molecule has 1 saturated heterocycles. The van der Waals surface area contributed by atoms with E-state index in [2.05, 4.69) is 14.8 Å². The number of Topliss-reactive ketones (excluding diaryl/α,β-unsaturated/α-hetero) is 1. The molecule has 0 spiro atoms. The highest BCUT2D eigenvalue weighted by Gasteiger charge is 2.19. The van der Waals surface area contributed by atoms with Crippen LogP contribution in [0.5, 0.6) is 0 Å². The van der Waals surface area contributed by atoms with E-state index < -0.39 is 0 Å². The van der Waals surface area contributed by atoms with Gasteiger partial charge in [0.15, 0.2) is 5.78 Å². The topological polar surface area (TPSA) is 49.3 Å². The zero-order chi connectivity index (χ0) is 19.5. The van der Waals surface area contributed by atoms with E-state index in [0.717, 1.165) is 54.5 Å². The number of anilines is 2. The van der Waals surface area contributed by atoms with Crippen molar-refractivity contribution in [2.75, 3.05) is 36.0 Å². The SMILES string of the molecule is CC(=O)c1ccc(N2CCN(c3cncc(-c4ccc(F)cc4)n3)CC2)cc1. The number of rotatable bonds is 4. The normalized spacial score (nSPS) is 14.2. The van der Waals surface area contributed by atoms with Gasteiger partial charge in [0.1, 0.15) is 11.6 Å². The summed E-state index contributed by atoms with van der Waals surface area (Å²) in [6.07, 6.45) is 3.47. The molecule has 1 aliphatic rings. The molecule has 0 saturated carbocycles. The Balaban J connectivity index is 1.44. The first-order chi connectivity index (χ1) is 13.6. The van der Waals surface area contributed by atoms with Crippen LogP contribution in [-0.2, 0) is 0 Å². The Kier molecular flexibility index (Phi) is 5.02. The number of aromatic nitrogens is 2. The maximum Gasteiger partial charge on any atom is 0.159 e. The molecule has 0 amide bonds. The molecule has 0 N–H and O–H groups in total. The standard InChI is InChI=1S/C22H21FN4O/c1-16(28)17-4-8-20(9-5-17)26-10-12-27(13-11-26)22-15-24-14-21(25-22)18-2-6-19(23)7-3-18/h2-9,14-15H,10-13H2,1H3. The minimum Gasteiger partial charge on any atom is -0.368 e. The van der Waals surface area contributed by atoms with Crippen LogP contribution in [0.25, 0.3) is 11.3 Å². The zero-order valence-corrected chi connectivity index (χ0v) is 15.7. The highest BCUT2D eigenvalue weighted by molar-refractivity contribution is 5.94. The number of carbonyl (C=O) groups is 1. The summed E-state index contributed by atoms with van der Waals surface area (Å²) in [7, 11) is 0. The van der Waals surface area contributed by atoms with Crippen molar-refractivity contribution in [3.05, 3.63) is 72.3 Å². The van der Waals surface area contributed by atoms with Crippen molar-refractivity contribution in [1.29, 1.82) is 0 Å². The van der Waals surface area contributed by atoms with Crippen molar-refractivity contribution in [3.8, 4) is 11.3 Å². The Bertz CT molecular complexity index is 965. The van der Waals surface area contributed by atoms with Crippen LogP contribution in [-0.4, -0.2) is 41.9 Å². The first kappa shape index (κ1) is 18.1. The Hall–Kier alpha value is -3.28. The molecule has 3 aromatic rings. The molecule has 4 rings (SSSR count). The molecular formula is C22H21FN4O. The van der Waals surface area contributed by atoms with Crippen LogP contribution in [0.4, 0.5) is 15.9 Å². The maximum atomic E-state index is 13.1. The van der Waals surface area contributed by atoms with Crippen molar-refractivity contribution in [2.24, 2.45) is 0 Å². The Morgan fingerprint density at radius 2 is 1.54 bits per heavy atom. The molecule has 2 aromatic carbocycles. The number of ketones is 1. The first-order valence-corrected chi connectivity index (χ1v) is 9.29. The van der Waals surface area contributed by atoms with Crippen LogP contribution in [0, 0.1) is 5.82 Å². The molecule has 0 atom stereocenters. The lowest BCUT2D eigenvalue weighted by Gasteiger charge is -2.36. The number of nitrogens with zero attached hydrogens (tertiary/aromatic N) is 4. The summed E-state index contributed by atoms with van der Waals surface area (Å²) in [5.74, 6) is 0.643. The van der Waals surface area contributed by atoms with Gasteiger partial charge in [0.25, 0.3) is 0 Å². The quantitative estimate of drug-likeness (QED) is 0.648. The average molecular weight is 376 g/mol. The lowest BCUT2D eigenvalue weighted by Crippen LogP contribution is -2.46. The fraction of sp³-hybridized carbons (Fsp3) is 0.227. The second-order valence-electron chi connectivity index (χ2n) is 6.85. The van der Waals surface area contributed by atoms with E-state index in [-0.39, 0.29) is 11.6 Å². The largest absolute Gasteiger partial charge is 0.368 e. The molecular weight excluding hydrogens is 355 g/mol. The summed E-state index contributed by atoms with van der Waals surface area (Å²) < 4.78 is 13.1. The summed E-state index contributed by atoms with van der Waals surface area (Å²) >= 11 is 0. The second-order valence-corrected chi connectivity index (χ2v) is 6.85. The Labute approximate surface area is 163 Å². The smallest absolute Gasteiger partial charge is 0.159 e. The number of carbonyl (C=O) groups excluding carboxylic acids is 1. The van der Waals surface area contributed by atoms with E-state index >= 15 is 0 Å². The fourth-order valence-electron chi connectivity index (χ4n) is 3.37. The van der Waals surface area contributed by atoms with Crippen molar-refractivity contribution in [3.63, 3.8) is 0 Å². The minimum absolute atomic E-state index is 0.0796. The Morgan fingerprint density at radius 3 is 2.18 bits per heavy atom. The van der Waals surface area contributed by atoms with E-state index in [1.807, 2.05) is 24.3 Å². The summed E-state index contributed by atoms with van der Waals surface area (Å²) in [5.41, 5.74) is 3.44. The van der Waals surface area contributed by atoms with Crippen LogP contribution >= 0.6 is 0 Å². The Morgan fingerprint density at radius 1 is 0.893 bits per heavy atom. The van der Waals surface area contributed by atoms with Gasteiger partial charge in [0.2, 0.25) is 0 Å². The molecule has 0 radical (unpaired) electrons. The highest BCUT2D eigenvalue weighted by Crippen LogP contribution is 2.22. The van der Waals surface area contributed by atoms with Crippen LogP contribution in [0.3, 0.4) is 0 Å². The third-order valence-corrected chi connectivity index (χ3v) is 5.00. The fourth-order valence-corrected chi connectivity index (χ4v) is 3.37. The van der Waals surface area contributed by atoms with Gasteiger partial charge in [-0.05, 0) is 55.5 Å². The van der Waals surface area contributed by atoms with E-state index in [1.54, 1.807) is 31.5 Å². The molecule has 28 heavy (non-hydrogen) atoms. The molecule has 0 unspecified atom stereocenters. The van der Waals surface area contributed by atoms with Gasteiger partial charge in [-0.3, -0.25) is 9.78 Å². The lowest BCUT2D eigenvalue weighted by molar-refractivity contribution is 0.101. The number of hydrogen-bond acceptors (Lipinski definition) is 5. The average Bonchev–Trinajstić information content (AvgIpc) is 2.74. The maximum absolute atomic E-state index is 13.1. The number of halogens is 1. The van der Waals surface area contributed by atoms with Gasteiger partial charge >= 0.3 is 0 Å². The summed E-state index contributed by atoms with van der Waals surface area (Å²) in [6.45, 7) is 4.96. The van der Waals surface area contributed by atoms with E-state index in [1.165, 1.54) is 12.1 Å². The molecule has 142 valence electrons. The van der Waals surface area contributed by atoms with Gasteiger partial charge in [-0.1, -0.05) is 0 Å². The van der Waals surface area contributed by atoms with Gasteiger partial charge in [0, 0.05) is 43.0 Å². The van der Waals surface area contributed by atoms with Crippen LogP contribution < -0.4 is 9.80 Å². The van der Waals surface area contributed by atoms with Gasteiger partial charge in [-0.25, -0.2) is 9.37 Å². The third kappa shape index (κ3) is 3.86. The van der Waals surface area contributed by atoms with Crippen LogP contribution in [0.1, 0.15) is 17.3 Å². The van der Waals surface area contributed by atoms with Gasteiger partial charge in [-0.2, -0.15) is 0 Å². The highest BCUT2D eigenvalue weighted by atomic mass is 19.1. The van der Waals surface area contributed by atoms with Crippen molar-refractivity contribution in [2.45, 2.75) is 6.92 Å². The third-order valence-electron chi connectivity index (χ3n) is 5.00. The van der Waals surface area contributed by atoms with Gasteiger partial charge < -0.3 is 9.80 Å². The predicted molar refractivity (Wildman–Crippen MR) is 108 cm³/mol. The molecule has 5 nitrogen and oxygen atoms in total. The van der Waals surface area contributed by atoms with E-state index in [4.69, 9.17) is 4.98 Å². The van der Waals surface area contributed by atoms with Gasteiger partial charge in [-0.15, -0.1) is 0 Å². The van der Waals surface area contributed by atoms with Crippen molar-refractivity contribution >= 4 is 17.3 Å². The van der Waals surface area contributed by atoms with Crippen molar-refractivity contribution in [1.82, 2.24) is 9.97 Å². The molecule has 0 aliphatic carbocycles. The summed E-state index contributed by atoms with van der Waals surface area (Å²) in [6, 6.07) is 14.0.